The highest BCUT2D eigenvalue weighted by molar-refractivity contribution is 8.03. The van der Waals surface area contributed by atoms with E-state index in [4.69, 9.17) is 10.00 Å². The number of hydrogen-bond donors (Lipinski definition) is 0. The summed E-state index contributed by atoms with van der Waals surface area (Å²) in [6.45, 7) is 0. The molecule has 0 saturated heterocycles. The van der Waals surface area contributed by atoms with Gasteiger partial charge in [0.1, 0.15) is 11.2 Å². The van der Waals surface area contributed by atoms with Gasteiger partial charge in [0.2, 0.25) is 0 Å². The molecule has 0 N–H and O–H groups in total. The molecule has 0 aliphatic heterocycles. The summed E-state index contributed by atoms with van der Waals surface area (Å²) >= 11 is 1.06. The predicted molar refractivity (Wildman–Crippen MR) is 69.3 cm³/mol. The van der Waals surface area contributed by atoms with Crippen LogP contribution in [0.2, 0.25) is 0 Å². The lowest BCUT2D eigenvalue weighted by atomic mass is 10.2. The Morgan fingerprint density at radius 3 is 2.33 bits per heavy atom. The molecule has 88 valence electrons. The zero-order valence-corrected chi connectivity index (χ0v) is 10.2. The van der Waals surface area contributed by atoms with Crippen LogP contribution in [0, 0.1) is 10.7 Å². The molecule has 0 aromatic heterocycles. The van der Waals surface area contributed by atoms with Gasteiger partial charge in [-0.2, -0.15) is 5.26 Å². The van der Waals surface area contributed by atoms with Crippen molar-refractivity contribution in [1.29, 1.82) is 5.26 Å². The molecule has 0 spiro atoms. The number of carbonyl (C=O) groups is 1. The molecule has 0 unspecified atom stereocenters. The normalized spacial score (nSPS) is 9.50. The maximum absolute atomic E-state index is 11.7. The van der Waals surface area contributed by atoms with Crippen molar-refractivity contribution in [2.24, 2.45) is 0 Å². The third kappa shape index (κ3) is 3.12. The number of nitrogens with zero attached hydrogens (tertiary/aromatic N) is 1. The first-order valence-corrected chi connectivity index (χ1v) is 6.04. The first kappa shape index (κ1) is 12.2. The van der Waals surface area contributed by atoms with E-state index in [-0.39, 0.29) is 0 Å². The topological polar surface area (TPSA) is 50.1 Å². The lowest BCUT2D eigenvalue weighted by Gasteiger charge is -2.04. The lowest BCUT2D eigenvalue weighted by Crippen LogP contribution is -2.07. The number of thiocyanates is 1. The zero-order valence-electron chi connectivity index (χ0n) is 9.37. The maximum atomic E-state index is 11.7. The molecule has 0 saturated carbocycles. The van der Waals surface area contributed by atoms with Crippen LogP contribution < -0.4 is 4.74 Å². The highest BCUT2D eigenvalue weighted by atomic mass is 32.2. The zero-order chi connectivity index (χ0) is 12.8. The molecule has 0 heterocycles. The Bertz CT molecular complexity index is 573. The van der Waals surface area contributed by atoms with Crippen LogP contribution in [0.25, 0.3) is 0 Å². The van der Waals surface area contributed by atoms with Crippen molar-refractivity contribution in [3.63, 3.8) is 0 Å². The van der Waals surface area contributed by atoms with E-state index in [9.17, 15) is 4.79 Å². The lowest BCUT2D eigenvalue weighted by molar-refractivity contribution is 0.0734. The molecular weight excluding hydrogens is 246 g/mol. The largest absolute Gasteiger partial charge is 0.423 e. The van der Waals surface area contributed by atoms with Crippen LogP contribution in [-0.2, 0) is 0 Å². The van der Waals surface area contributed by atoms with Gasteiger partial charge in [0.05, 0.1) is 5.56 Å². The van der Waals surface area contributed by atoms with Crippen molar-refractivity contribution in [2.75, 3.05) is 0 Å². The molecule has 0 aliphatic rings. The fourth-order valence-electron chi connectivity index (χ4n) is 1.37. The Morgan fingerprint density at radius 2 is 1.72 bits per heavy atom. The number of thioether (sulfide) groups is 1. The molecule has 0 amide bonds. The minimum atomic E-state index is -0.392. The first-order chi connectivity index (χ1) is 8.79. The van der Waals surface area contributed by atoms with Crippen LogP contribution in [0.1, 0.15) is 10.4 Å². The molecule has 2 aromatic carbocycles. The average molecular weight is 255 g/mol. The summed E-state index contributed by atoms with van der Waals surface area (Å²) in [5, 5.41) is 10.5. The smallest absolute Gasteiger partial charge is 0.343 e. The fourth-order valence-corrected chi connectivity index (χ4v) is 1.75. The van der Waals surface area contributed by atoms with Gasteiger partial charge in [0.25, 0.3) is 0 Å². The minimum Gasteiger partial charge on any atom is -0.423 e. The second-order valence-corrected chi connectivity index (χ2v) is 4.28. The summed E-state index contributed by atoms with van der Waals surface area (Å²) in [4.78, 5) is 12.6. The number of rotatable bonds is 3. The minimum absolute atomic E-state index is 0.392. The predicted octanol–water partition coefficient (Wildman–Crippen LogP) is 3.48. The Labute approximate surface area is 109 Å². The average Bonchev–Trinajstić information content (AvgIpc) is 2.42. The van der Waals surface area contributed by atoms with Crippen molar-refractivity contribution >= 4 is 17.7 Å². The highest BCUT2D eigenvalue weighted by Gasteiger charge is 2.07. The number of ether oxygens (including phenoxy) is 1. The number of esters is 1. The molecule has 0 aliphatic carbocycles. The van der Waals surface area contributed by atoms with Gasteiger partial charge in [-0.25, -0.2) is 4.79 Å². The summed E-state index contributed by atoms with van der Waals surface area (Å²) in [6, 6.07) is 15.6. The fraction of sp³-hybridized carbons (Fsp3) is 0. The molecule has 0 fully saturated rings. The molecular formula is C14H9NO2S. The number of carbonyl (C=O) groups excluding carboxylic acids is 1. The third-order valence-corrected chi connectivity index (χ3v) is 2.81. The molecule has 0 bridgehead atoms. The van der Waals surface area contributed by atoms with E-state index in [2.05, 4.69) is 0 Å². The summed E-state index contributed by atoms with van der Waals surface area (Å²) in [5.41, 5.74) is 0.507. The van der Waals surface area contributed by atoms with Gasteiger partial charge in [0, 0.05) is 4.90 Å². The second-order valence-electron chi connectivity index (χ2n) is 3.42. The van der Waals surface area contributed by atoms with Crippen molar-refractivity contribution < 1.29 is 9.53 Å². The Balaban J connectivity index is 2.06. The van der Waals surface area contributed by atoms with Crippen molar-refractivity contribution in [2.45, 2.75) is 4.90 Å². The van der Waals surface area contributed by atoms with E-state index in [1.165, 1.54) is 0 Å². The van der Waals surface area contributed by atoms with Gasteiger partial charge in [-0.05, 0) is 48.2 Å². The standard InChI is InChI=1S/C14H9NO2S/c15-10-18-13-8-6-12(7-9-13)17-14(16)11-4-2-1-3-5-11/h1-9H. The molecule has 2 rings (SSSR count). The number of benzene rings is 2. The summed E-state index contributed by atoms with van der Waals surface area (Å²) in [7, 11) is 0. The van der Waals surface area contributed by atoms with Gasteiger partial charge in [0.15, 0.2) is 0 Å². The first-order valence-electron chi connectivity index (χ1n) is 5.23. The molecule has 2 aromatic rings. The van der Waals surface area contributed by atoms with Crippen molar-refractivity contribution in [3.8, 4) is 11.2 Å². The summed E-state index contributed by atoms with van der Waals surface area (Å²) in [5.74, 6) is 0.0717. The van der Waals surface area contributed by atoms with Crippen LogP contribution in [0.15, 0.2) is 59.5 Å². The van der Waals surface area contributed by atoms with E-state index in [1.54, 1.807) is 48.5 Å². The van der Waals surface area contributed by atoms with E-state index in [1.807, 2.05) is 11.5 Å². The van der Waals surface area contributed by atoms with Crippen LogP contribution in [-0.4, -0.2) is 5.97 Å². The SMILES string of the molecule is N#CSc1ccc(OC(=O)c2ccccc2)cc1. The molecule has 4 heteroatoms. The Kier molecular flexibility index (Phi) is 4.00. The van der Waals surface area contributed by atoms with E-state index >= 15 is 0 Å². The Hall–Kier alpha value is -2.25. The van der Waals surface area contributed by atoms with E-state index in [0.717, 1.165) is 16.7 Å². The third-order valence-electron chi connectivity index (χ3n) is 2.21. The van der Waals surface area contributed by atoms with Gasteiger partial charge in [-0.1, -0.05) is 18.2 Å². The molecule has 0 atom stereocenters. The van der Waals surface area contributed by atoms with Gasteiger partial charge in [-0.3, -0.25) is 0 Å². The van der Waals surface area contributed by atoms with E-state index < -0.39 is 5.97 Å². The molecule has 18 heavy (non-hydrogen) atoms. The van der Waals surface area contributed by atoms with Gasteiger partial charge < -0.3 is 4.74 Å². The van der Waals surface area contributed by atoms with Crippen molar-refractivity contribution in [1.82, 2.24) is 0 Å². The molecule has 3 nitrogen and oxygen atoms in total. The second kappa shape index (κ2) is 5.89. The van der Waals surface area contributed by atoms with Crippen LogP contribution >= 0.6 is 11.8 Å². The van der Waals surface area contributed by atoms with Gasteiger partial charge in [-0.15, -0.1) is 0 Å². The van der Waals surface area contributed by atoms with E-state index in [0.29, 0.717) is 11.3 Å². The summed E-state index contributed by atoms with van der Waals surface area (Å²) in [6.07, 6.45) is 0. The number of hydrogen-bond acceptors (Lipinski definition) is 4. The van der Waals surface area contributed by atoms with Gasteiger partial charge >= 0.3 is 5.97 Å². The highest BCUT2D eigenvalue weighted by Crippen LogP contribution is 2.20. The van der Waals surface area contributed by atoms with Crippen molar-refractivity contribution in [3.05, 3.63) is 60.2 Å². The summed E-state index contributed by atoms with van der Waals surface area (Å²) < 4.78 is 5.20. The van der Waals surface area contributed by atoms with Crippen LogP contribution in [0.3, 0.4) is 0 Å². The van der Waals surface area contributed by atoms with Crippen LogP contribution in [0.5, 0.6) is 5.75 Å². The molecule has 0 radical (unpaired) electrons. The Morgan fingerprint density at radius 1 is 1.06 bits per heavy atom. The quantitative estimate of drug-likeness (QED) is 0.364. The number of nitriles is 1. The maximum Gasteiger partial charge on any atom is 0.343 e. The monoisotopic (exact) mass is 255 g/mol. The van der Waals surface area contributed by atoms with Crippen LogP contribution in [0.4, 0.5) is 0 Å².